The van der Waals surface area contributed by atoms with E-state index in [0.29, 0.717) is 22.4 Å². The molecule has 0 spiro atoms. The van der Waals surface area contributed by atoms with E-state index in [1.165, 1.54) is 13.1 Å². The van der Waals surface area contributed by atoms with E-state index in [4.69, 9.17) is 0 Å². The number of ketones is 1. The Hall–Kier alpha value is -3.47. The van der Waals surface area contributed by atoms with Crippen molar-refractivity contribution in [3.8, 4) is 11.1 Å². The molecule has 5 heteroatoms. The number of carbonyl (C=O) groups is 2. The van der Waals surface area contributed by atoms with Crippen LogP contribution in [0.1, 0.15) is 27.6 Å². The zero-order chi connectivity index (χ0) is 17.8. The molecule has 3 aromatic rings. The van der Waals surface area contributed by atoms with Crippen LogP contribution >= 0.6 is 0 Å². The van der Waals surface area contributed by atoms with Crippen molar-refractivity contribution in [1.29, 1.82) is 0 Å². The molecular weight excluding hydrogens is 316 g/mol. The molecule has 1 amide bonds. The van der Waals surface area contributed by atoms with Gasteiger partial charge in [0.05, 0.1) is 5.56 Å². The molecule has 0 saturated heterocycles. The third kappa shape index (κ3) is 3.72. The first-order chi connectivity index (χ1) is 12.0. The van der Waals surface area contributed by atoms with Gasteiger partial charge < -0.3 is 10.3 Å². The monoisotopic (exact) mass is 332 g/mol. The summed E-state index contributed by atoms with van der Waals surface area (Å²) in [7, 11) is 0. The van der Waals surface area contributed by atoms with Crippen LogP contribution in [-0.2, 0) is 0 Å². The number of aromatic nitrogens is 1. The van der Waals surface area contributed by atoms with Crippen molar-refractivity contribution in [3.63, 3.8) is 0 Å². The minimum Gasteiger partial charge on any atom is -0.328 e. The van der Waals surface area contributed by atoms with Crippen LogP contribution in [0.15, 0.2) is 71.7 Å². The molecule has 3 rings (SSSR count). The van der Waals surface area contributed by atoms with Crippen molar-refractivity contribution < 1.29 is 9.59 Å². The number of carbonyl (C=O) groups excluding carboxylic acids is 2. The minimum absolute atomic E-state index is 0.0773. The molecule has 5 nitrogen and oxygen atoms in total. The summed E-state index contributed by atoms with van der Waals surface area (Å²) in [6.45, 7) is 1.47. The SMILES string of the molecule is CC(=O)c1cccc(NC(=O)c2c[nH]c(=O)c(-c3ccccc3)c2)c1. The number of pyridine rings is 1. The lowest BCUT2D eigenvalue weighted by Crippen LogP contribution is -2.16. The fourth-order valence-electron chi connectivity index (χ4n) is 2.47. The van der Waals surface area contributed by atoms with Crippen molar-refractivity contribution in [1.82, 2.24) is 4.98 Å². The summed E-state index contributed by atoms with van der Waals surface area (Å²) in [6, 6.07) is 17.4. The molecule has 25 heavy (non-hydrogen) atoms. The van der Waals surface area contributed by atoms with Crippen LogP contribution in [0, 0.1) is 0 Å². The number of benzene rings is 2. The van der Waals surface area contributed by atoms with E-state index in [0.717, 1.165) is 5.56 Å². The smallest absolute Gasteiger partial charge is 0.257 e. The first-order valence-corrected chi connectivity index (χ1v) is 7.75. The summed E-state index contributed by atoms with van der Waals surface area (Å²) in [5, 5.41) is 2.74. The van der Waals surface area contributed by atoms with E-state index in [9.17, 15) is 14.4 Å². The van der Waals surface area contributed by atoms with Crippen molar-refractivity contribution in [2.75, 3.05) is 5.32 Å². The van der Waals surface area contributed by atoms with Crippen LogP contribution in [-0.4, -0.2) is 16.7 Å². The number of nitrogens with one attached hydrogen (secondary N) is 2. The number of H-pyrrole nitrogens is 1. The molecule has 1 heterocycles. The van der Waals surface area contributed by atoms with Crippen LogP contribution < -0.4 is 10.9 Å². The van der Waals surface area contributed by atoms with Gasteiger partial charge in [0.1, 0.15) is 0 Å². The van der Waals surface area contributed by atoms with E-state index in [-0.39, 0.29) is 17.2 Å². The molecule has 0 fully saturated rings. The van der Waals surface area contributed by atoms with Gasteiger partial charge in [0.25, 0.3) is 11.5 Å². The number of anilines is 1. The zero-order valence-corrected chi connectivity index (χ0v) is 13.6. The molecular formula is C20H16N2O3. The molecule has 0 atom stereocenters. The first kappa shape index (κ1) is 16.4. The average Bonchev–Trinajstić information content (AvgIpc) is 2.63. The van der Waals surface area contributed by atoms with Crippen LogP contribution in [0.4, 0.5) is 5.69 Å². The molecule has 2 aromatic carbocycles. The van der Waals surface area contributed by atoms with Gasteiger partial charge in [-0.3, -0.25) is 14.4 Å². The Labute approximate surface area is 144 Å². The van der Waals surface area contributed by atoms with E-state index < -0.39 is 0 Å². The number of amides is 1. The highest BCUT2D eigenvalue weighted by Crippen LogP contribution is 2.17. The molecule has 1 aromatic heterocycles. The average molecular weight is 332 g/mol. The van der Waals surface area contributed by atoms with Gasteiger partial charge in [-0.25, -0.2) is 0 Å². The number of Topliss-reactive ketones (excluding diaryl/α,β-unsaturated/α-hetero) is 1. The summed E-state index contributed by atoms with van der Waals surface area (Å²) < 4.78 is 0. The Morgan fingerprint density at radius 3 is 2.40 bits per heavy atom. The van der Waals surface area contributed by atoms with Gasteiger partial charge in [0.2, 0.25) is 0 Å². The van der Waals surface area contributed by atoms with Crippen LogP contribution in [0.5, 0.6) is 0 Å². The van der Waals surface area contributed by atoms with E-state index in [2.05, 4.69) is 10.3 Å². The van der Waals surface area contributed by atoms with E-state index >= 15 is 0 Å². The van der Waals surface area contributed by atoms with Crippen molar-refractivity contribution in [2.45, 2.75) is 6.92 Å². The first-order valence-electron chi connectivity index (χ1n) is 7.75. The second-order valence-corrected chi connectivity index (χ2v) is 5.59. The number of rotatable bonds is 4. The number of aromatic amines is 1. The third-order valence-corrected chi connectivity index (χ3v) is 3.78. The zero-order valence-electron chi connectivity index (χ0n) is 13.6. The molecule has 0 bridgehead atoms. The van der Waals surface area contributed by atoms with Gasteiger partial charge in [-0.1, -0.05) is 42.5 Å². The third-order valence-electron chi connectivity index (χ3n) is 3.78. The molecule has 0 aliphatic rings. The van der Waals surface area contributed by atoms with Gasteiger partial charge in [0.15, 0.2) is 5.78 Å². The lowest BCUT2D eigenvalue weighted by Gasteiger charge is -2.08. The molecule has 0 aliphatic carbocycles. The van der Waals surface area contributed by atoms with Crippen LogP contribution in [0.2, 0.25) is 0 Å². The van der Waals surface area contributed by atoms with Gasteiger partial charge in [-0.05, 0) is 30.7 Å². The van der Waals surface area contributed by atoms with E-state index in [1.54, 1.807) is 30.3 Å². The second-order valence-electron chi connectivity index (χ2n) is 5.59. The molecule has 0 aliphatic heterocycles. The Balaban J connectivity index is 1.89. The van der Waals surface area contributed by atoms with Crippen LogP contribution in [0.25, 0.3) is 11.1 Å². The second kappa shape index (κ2) is 6.97. The fraction of sp³-hybridized carbons (Fsp3) is 0.0500. The van der Waals surface area contributed by atoms with Crippen molar-refractivity contribution in [3.05, 3.63) is 88.3 Å². The summed E-state index contributed by atoms with van der Waals surface area (Å²) in [4.78, 5) is 38.6. The lowest BCUT2D eigenvalue weighted by atomic mass is 10.1. The maximum atomic E-state index is 12.5. The lowest BCUT2D eigenvalue weighted by molar-refractivity contribution is 0.101. The highest BCUT2D eigenvalue weighted by molar-refractivity contribution is 6.05. The maximum absolute atomic E-state index is 12.5. The summed E-state index contributed by atoms with van der Waals surface area (Å²) in [6.07, 6.45) is 1.37. The highest BCUT2D eigenvalue weighted by Gasteiger charge is 2.11. The Morgan fingerprint density at radius 2 is 1.68 bits per heavy atom. The maximum Gasteiger partial charge on any atom is 0.257 e. The topological polar surface area (TPSA) is 79.0 Å². The fourth-order valence-corrected chi connectivity index (χ4v) is 2.47. The quantitative estimate of drug-likeness (QED) is 0.718. The molecule has 0 saturated carbocycles. The predicted molar refractivity (Wildman–Crippen MR) is 96.9 cm³/mol. The van der Waals surface area contributed by atoms with E-state index in [1.807, 2.05) is 30.3 Å². The van der Waals surface area contributed by atoms with Gasteiger partial charge in [-0.15, -0.1) is 0 Å². The standard InChI is InChI=1S/C20H16N2O3/c1-13(23)15-8-5-9-17(10-15)22-19(24)16-11-18(20(25)21-12-16)14-6-3-2-4-7-14/h2-12H,1H3,(H,21,25)(H,22,24). The Bertz CT molecular complexity index is 991. The van der Waals surface area contributed by atoms with Gasteiger partial charge in [-0.2, -0.15) is 0 Å². The van der Waals surface area contributed by atoms with Crippen molar-refractivity contribution in [2.24, 2.45) is 0 Å². The summed E-state index contributed by atoms with van der Waals surface area (Å²) in [5.74, 6) is -0.444. The highest BCUT2D eigenvalue weighted by atomic mass is 16.2. The number of hydrogen-bond acceptors (Lipinski definition) is 3. The molecule has 2 N–H and O–H groups in total. The Kier molecular flexibility index (Phi) is 4.57. The summed E-state index contributed by atoms with van der Waals surface area (Å²) in [5.41, 5.74) is 2.25. The van der Waals surface area contributed by atoms with Gasteiger partial charge >= 0.3 is 0 Å². The predicted octanol–water partition coefficient (Wildman–Crippen LogP) is 3.50. The van der Waals surface area contributed by atoms with Crippen molar-refractivity contribution >= 4 is 17.4 Å². The number of hydrogen-bond donors (Lipinski definition) is 2. The Morgan fingerprint density at radius 1 is 0.920 bits per heavy atom. The largest absolute Gasteiger partial charge is 0.328 e. The minimum atomic E-state index is -0.367. The molecule has 124 valence electrons. The normalized spacial score (nSPS) is 10.3. The van der Waals surface area contributed by atoms with Gasteiger partial charge in [0, 0.05) is 23.0 Å². The molecule has 0 unspecified atom stereocenters. The van der Waals surface area contributed by atoms with Crippen LogP contribution in [0.3, 0.4) is 0 Å². The molecule has 0 radical (unpaired) electrons. The summed E-state index contributed by atoms with van der Waals surface area (Å²) >= 11 is 0.